The molecule has 1 N–H and O–H groups in total. The smallest absolute Gasteiger partial charge is 0.229 e. The zero-order valence-corrected chi connectivity index (χ0v) is 18.3. The summed E-state index contributed by atoms with van der Waals surface area (Å²) in [5, 5.41) is 8.58. The molecule has 0 amide bonds. The van der Waals surface area contributed by atoms with E-state index in [9.17, 15) is 0 Å². The van der Waals surface area contributed by atoms with Crippen LogP contribution in [-0.4, -0.2) is 52.1 Å². The van der Waals surface area contributed by atoms with E-state index in [1.165, 1.54) is 5.56 Å². The van der Waals surface area contributed by atoms with Crippen LogP contribution in [0, 0.1) is 6.92 Å². The number of rotatable bonds is 5. The Hall–Kier alpha value is -3.49. The van der Waals surface area contributed by atoms with E-state index in [0.29, 0.717) is 41.2 Å². The summed E-state index contributed by atoms with van der Waals surface area (Å²) < 4.78 is 7.16. The number of hydrogen-bond donors (Lipinski definition) is 1. The van der Waals surface area contributed by atoms with Crippen molar-refractivity contribution >= 4 is 46.4 Å². The van der Waals surface area contributed by atoms with E-state index in [0.717, 1.165) is 24.3 Å². The fourth-order valence-corrected chi connectivity index (χ4v) is 3.73. The molecule has 5 rings (SSSR count). The van der Waals surface area contributed by atoms with Crippen molar-refractivity contribution < 1.29 is 4.74 Å². The second-order valence-electron chi connectivity index (χ2n) is 7.53. The lowest BCUT2D eigenvalue weighted by Crippen LogP contribution is -2.37. The quantitative estimate of drug-likeness (QED) is 0.461. The molecular formula is C23H22ClN7O. The molecular weight excluding hydrogens is 426 g/mol. The van der Waals surface area contributed by atoms with Crippen molar-refractivity contribution in [1.82, 2.24) is 19.6 Å². The minimum absolute atomic E-state index is 0.600. The average Bonchev–Trinajstić information content (AvgIpc) is 3.22. The molecule has 0 atom stereocenters. The number of aryl methyl sites for hydroxylation is 1. The van der Waals surface area contributed by atoms with Gasteiger partial charge in [-0.2, -0.15) is 15.1 Å². The Bertz CT molecular complexity index is 1280. The summed E-state index contributed by atoms with van der Waals surface area (Å²) >= 11 is 6.16. The number of aromatic nitrogens is 4. The molecule has 0 saturated carbocycles. The predicted octanol–water partition coefficient (Wildman–Crippen LogP) is 4.25. The summed E-state index contributed by atoms with van der Waals surface area (Å²) in [7, 11) is 0. The van der Waals surface area contributed by atoms with Gasteiger partial charge in [0.2, 0.25) is 5.95 Å². The first-order valence-corrected chi connectivity index (χ1v) is 10.7. The highest BCUT2D eigenvalue weighted by Crippen LogP contribution is 2.27. The van der Waals surface area contributed by atoms with Crippen molar-refractivity contribution in [3.8, 4) is 0 Å². The van der Waals surface area contributed by atoms with Gasteiger partial charge in [-0.05, 0) is 30.7 Å². The first-order valence-electron chi connectivity index (χ1n) is 10.4. The molecule has 1 fully saturated rings. The van der Waals surface area contributed by atoms with Crippen LogP contribution < -0.4 is 10.2 Å². The van der Waals surface area contributed by atoms with E-state index in [2.05, 4.69) is 39.4 Å². The lowest BCUT2D eigenvalue weighted by Gasteiger charge is -2.27. The number of anilines is 3. The summed E-state index contributed by atoms with van der Waals surface area (Å²) in [6.45, 7) is 4.79. The third-order valence-corrected chi connectivity index (χ3v) is 5.36. The first kappa shape index (κ1) is 20.4. The fourth-order valence-electron chi connectivity index (χ4n) is 3.54. The molecule has 3 heterocycles. The Kier molecular flexibility index (Phi) is 5.70. The van der Waals surface area contributed by atoms with Crippen molar-refractivity contribution in [3.63, 3.8) is 0 Å². The summed E-state index contributed by atoms with van der Waals surface area (Å²) in [4.78, 5) is 16.2. The van der Waals surface area contributed by atoms with Crippen LogP contribution in [0.4, 0.5) is 17.5 Å². The zero-order valence-electron chi connectivity index (χ0n) is 17.6. The molecule has 8 nitrogen and oxygen atoms in total. The number of ether oxygens (including phenoxy) is 1. The molecule has 1 saturated heterocycles. The molecule has 1 aliphatic heterocycles. The Morgan fingerprint density at radius 2 is 1.94 bits per heavy atom. The maximum Gasteiger partial charge on any atom is 0.229 e. The van der Waals surface area contributed by atoms with Gasteiger partial charge >= 0.3 is 0 Å². The van der Waals surface area contributed by atoms with Gasteiger partial charge in [0.25, 0.3) is 0 Å². The molecule has 1 aliphatic rings. The predicted molar refractivity (Wildman–Crippen MR) is 127 cm³/mol. The maximum atomic E-state index is 6.16. The van der Waals surface area contributed by atoms with Gasteiger partial charge < -0.3 is 15.0 Å². The van der Waals surface area contributed by atoms with Gasteiger partial charge in [-0.1, -0.05) is 47.5 Å². The zero-order chi connectivity index (χ0) is 21.9. The van der Waals surface area contributed by atoms with Crippen LogP contribution in [0.25, 0.3) is 11.2 Å². The van der Waals surface area contributed by atoms with Crippen molar-refractivity contribution in [3.05, 3.63) is 71.0 Å². The number of nitrogens with zero attached hydrogens (tertiary/aromatic N) is 6. The van der Waals surface area contributed by atoms with Gasteiger partial charge in [0, 0.05) is 23.8 Å². The van der Waals surface area contributed by atoms with E-state index in [1.807, 2.05) is 36.4 Å². The molecule has 0 aliphatic carbocycles. The van der Waals surface area contributed by atoms with E-state index in [1.54, 1.807) is 17.2 Å². The van der Waals surface area contributed by atoms with E-state index in [-0.39, 0.29) is 0 Å². The number of benzene rings is 2. The number of halogens is 1. The first-order chi connectivity index (χ1) is 15.7. The fraction of sp³-hybridized carbons (Fsp3) is 0.217. The van der Waals surface area contributed by atoms with Crippen LogP contribution in [0.5, 0.6) is 0 Å². The van der Waals surface area contributed by atoms with Gasteiger partial charge in [-0.25, -0.2) is 9.66 Å². The number of morpholine rings is 1. The van der Waals surface area contributed by atoms with Crippen LogP contribution in [0.2, 0.25) is 5.02 Å². The third-order valence-electron chi connectivity index (χ3n) is 5.12. The van der Waals surface area contributed by atoms with Crippen LogP contribution in [0.1, 0.15) is 11.1 Å². The molecule has 0 radical (unpaired) electrons. The molecule has 2 aromatic heterocycles. The van der Waals surface area contributed by atoms with Crippen LogP contribution in [0.3, 0.4) is 0 Å². The highest BCUT2D eigenvalue weighted by atomic mass is 35.5. The van der Waals surface area contributed by atoms with Crippen LogP contribution in [0.15, 0.2) is 60.0 Å². The number of nitrogens with one attached hydrogen (secondary N) is 1. The molecule has 32 heavy (non-hydrogen) atoms. The van der Waals surface area contributed by atoms with E-state index < -0.39 is 0 Å². The summed E-state index contributed by atoms with van der Waals surface area (Å²) in [6, 6.07) is 15.6. The highest BCUT2D eigenvalue weighted by molar-refractivity contribution is 6.30. The number of imidazole rings is 1. The van der Waals surface area contributed by atoms with Gasteiger partial charge in [0.15, 0.2) is 17.0 Å². The minimum Gasteiger partial charge on any atom is -0.378 e. The largest absolute Gasteiger partial charge is 0.378 e. The maximum absolute atomic E-state index is 6.16. The molecule has 162 valence electrons. The van der Waals surface area contributed by atoms with Crippen molar-refractivity contribution in [2.75, 3.05) is 36.5 Å². The summed E-state index contributed by atoms with van der Waals surface area (Å²) in [5.41, 5.74) is 4.25. The SMILES string of the molecule is Cc1cccc(C=Nn2cnc3c(Nc4cccc(Cl)c4)nc(N4CCOCC4)nc32)c1. The molecule has 4 aromatic rings. The molecule has 0 spiro atoms. The van der Waals surface area contributed by atoms with Crippen molar-refractivity contribution in [1.29, 1.82) is 0 Å². The second kappa shape index (κ2) is 8.94. The molecule has 0 bridgehead atoms. The van der Waals surface area contributed by atoms with Crippen LogP contribution in [-0.2, 0) is 4.74 Å². The Labute approximate surface area is 190 Å². The van der Waals surface area contributed by atoms with Gasteiger partial charge in [0.05, 0.1) is 19.4 Å². The monoisotopic (exact) mass is 447 g/mol. The van der Waals surface area contributed by atoms with Gasteiger partial charge in [-0.15, -0.1) is 0 Å². The Morgan fingerprint density at radius 3 is 2.75 bits per heavy atom. The topological polar surface area (TPSA) is 80.5 Å². The van der Waals surface area contributed by atoms with Crippen LogP contribution >= 0.6 is 11.6 Å². The van der Waals surface area contributed by atoms with Gasteiger partial charge in [-0.3, -0.25) is 0 Å². The Balaban J connectivity index is 1.57. The summed E-state index contributed by atoms with van der Waals surface area (Å²) in [6.07, 6.45) is 3.45. The van der Waals surface area contributed by atoms with Crippen molar-refractivity contribution in [2.24, 2.45) is 5.10 Å². The molecule has 9 heteroatoms. The second-order valence-corrected chi connectivity index (χ2v) is 7.96. The van der Waals surface area contributed by atoms with Crippen molar-refractivity contribution in [2.45, 2.75) is 6.92 Å². The van der Waals surface area contributed by atoms with Gasteiger partial charge in [0.1, 0.15) is 6.33 Å². The van der Waals surface area contributed by atoms with E-state index in [4.69, 9.17) is 26.3 Å². The summed E-state index contributed by atoms with van der Waals surface area (Å²) in [5.74, 6) is 1.21. The van der Waals surface area contributed by atoms with E-state index >= 15 is 0 Å². The highest BCUT2D eigenvalue weighted by Gasteiger charge is 2.19. The standard InChI is InChI=1S/C23H22ClN7O/c1-16-4-2-5-17(12-16)14-26-31-15-25-20-21(27-19-7-3-6-18(24)13-19)28-23(29-22(20)31)30-8-10-32-11-9-30/h2-7,12-15H,8-11H2,1H3,(H,27,28,29). The minimum atomic E-state index is 0.600. The molecule has 0 unspecified atom stereocenters. The average molecular weight is 448 g/mol. The normalized spacial score (nSPS) is 14.4. The third kappa shape index (κ3) is 4.42. The number of fused-ring (bicyclic) bond motifs is 1. The number of hydrogen-bond acceptors (Lipinski definition) is 7. The molecule has 2 aromatic carbocycles. The lowest BCUT2D eigenvalue weighted by atomic mass is 10.2. The Morgan fingerprint density at radius 1 is 1.09 bits per heavy atom. The lowest BCUT2D eigenvalue weighted by molar-refractivity contribution is 0.122.